The molecule has 2 aromatic rings. The maximum absolute atomic E-state index is 12.7. The summed E-state index contributed by atoms with van der Waals surface area (Å²) in [4.78, 5) is 29.3. The third-order valence-electron chi connectivity index (χ3n) is 3.94. The Bertz CT molecular complexity index is 820. The Labute approximate surface area is 121 Å². The maximum atomic E-state index is 12.7. The number of fused-ring (bicyclic) bond motifs is 1. The van der Waals surface area contributed by atoms with Crippen molar-refractivity contribution in [1.82, 2.24) is 9.55 Å². The standard InChI is InChI=1S/C16H16N2O3/c1-9-3-6-14(15(20)7-9)18-10(2)17-13-5-4-11(19)8-12(13)16(18)21/h4-5,8,14,19H,1,3,6-7H2,2H3. The van der Waals surface area contributed by atoms with E-state index in [1.807, 2.05) is 0 Å². The molecule has 5 heteroatoms. The number of carbonyl (C=O) groups is 1. The lowest BCUT2D eigenvalue weighted by molar-refractivity contribution is -0.122. The highest BCUT2D eigenvalue weighted by Crippen LogP contribution is 2.28. The van der Waals surface area contributed by atoms with Gasteiger partial charge in [0.25, 0.3) is 5.56 Å². The number of benzene rings is 1. The molecule has 1 saturated carbocycles. The molecule has 108 valence electrons. The SMILES string of the molecule is C=C1CCC(n2c(C)nc3ccc(O)cc3c2=O)C(=O)C1. The van der Waals surface area contributed by atoms with Gasteiger partial charge in [0.15, 0.2) is 5.78 Å². The Morgan fingerprint density at radius 2 is 2.14 bits per heavy atom. The lowest BCUT2D eigenvalue weighted by Crippen LogP contribution is -2.34. The van der Waals surface area contributed by atoms with E-state index in [-0.39, 0.29) is 17.1 Å². The predicted molar refractivity (Wildman–Crippen MR) is 79.4 cm³/mol. The summed E-state index contributed by atoms with van der Waals surface area (Å²) < 4.78 is 1.45. The normalized spacial score (nSPS) is 19.2. The van der Waals surface area contributed by atoms with Crippen LogP contribution >= 0.6 is 0 Å². The van der Waals surface area contributed by atoms with Gasteiger partial charge in [0.05, 0.1) is 16.9 Å². The summed E-state index contributed by atoms with van der Waals surface area (Å²) in [6, 6.07) is 4.01. The molecule has 1 aromatic heterocycles. The number of nitrogens with zero attached hydrogens (tertiary/aromatic N) is 2. The van der Waals surface area contributed by atoms with Gasteiger partial charge in [0.1, 0.15) is 11.6 Å². The van der Waals surface area contributed by atoms with E-state index in [4.69, 9.17) is 0 Å². The van der Waals surface area contributed by atoms with Crippen LogP contribution < -0.4 is 5.56 Å². The molecule has 21 heavy (non-hydrogen) atoms. The second-order valence-electron chi connectivity index (χ2n) is 5.48. The van der Waals surface area contributed by atoms with E-state index in [1.54, 1.807) is 13.0 Å². The van der Waals surface area contributed by atoms with Gasteiger partial charge in [0.2, 0.25) is 0 Å². The van der Waals surface area contributed by atoms with Crippen LogP contribution in [-0.2, 0) is 4.79 Å². The number of hydrogen-bond acceptors (Lipinski definition) is 4. The number of aromatic hydroxyl groups is 1. The van der Waals surface area contributed by atoms with Crippen LogP contribution in [0.4, 0.5) is 0 Å². The number of Topliss-reactive ketones (excluding diaryl/α,β-unsaturated/α-hetero) is 1. The number of aryl methyl sites for hydroxylation is 1. The number of hydrogen-bond donors (Lipinski definition) is 1. The molecule has 1 N–H and O–H groups in total. The van der Waals surface area contributed by atoms with Crippen LogP contribution in [0.1, 0.15) is 31.1 Å². The molecule has 1 aliphatic rings. The van der Waals surface area contributed by atoms with Gasteiger partial charge in [-0.1, -0.05) is 12.2 Å². The molecule has 0 bridgehead atoms. The number of phenolic OH excluding ortho intramolecular Hbond substituents is 1. The fourth-order valence-electron chi connectivity index (χ4n) is 2.89. The van der Waals surface area contributed by atoms with Crippen molar-refractivity contribution >= 4 is 16.7 Å². The molecule has 1 unspecified atom stereocenters. The zero-order chi connectivity index (χ0) is 15.1. The Kier molecular flexibility index (Phi) is 3.12. The van der Waals surface area contributed by atoms with Crippen molar-refractivity contribution in [2.45, 2.75) is 32.2 Å². The highest BCUT2D eigenvalue weighted by molar-refractivity contribution is 5.86. The van der Waals surface area contributed by atoms with E-state index < -0.39 is 6.04 Å². The molecule has 0 aliphatic heterocycles. The van der Waals surface area contributed by atoms with Crippen LogP contribution in [0.15, 0.2) is 35.1 Å². The quantitative estimate of drug-likeness (QED) is 0.815. The van der Waals surface area contributed by atoms with E-state index in [2.05, 4.69) is 11.6 Å². The summed E-state index contributed by atoms with van der Waals surface area (Å²) in [7, 11) is 0. The molecule has 1 fully saturated rings. The molecule has 0 saturated heterocycles. The van der Waals surface area contributed by atoms with Crippen LogP contribution in [0.2, 0.25) is 0 Å². The Morgan fingerprint density at radius 1 is 1.38 bits per heavy atom. The molecule has 3 rings (SSSR count). The first-order chi connectivity index (χ1) is 9.97. The van der Waals surface area contributed by atoms with Gasteiger partial charge in [0, 0.05) is 6.42 Å². The smallest absolute Gasteiger partial charge is 0.262 e. The van der Waals surface area contributed by atoms with Crippen molar-refractivity contribution < 1.29 is 9.90 Å². The van der Waals surface area contributed by atoms with Gasteiger partial charge >= 0.3 is 0 Å². The van der Waals surface area contributed by atoms with Gasteiger partial charge in [-0.05, 0) is 38.0 Å². The number of aromatic nitrogens is 2. The summed E-state index contributed by atoms with van der Waals surface area (Å²) in [5.74, 6) is 0.530. The fourth-order valence-corrected chi connectivity index (χ4v) is 2.89. The van der Waals surface area contributed by atoms with Gasteiger partial charge < -0.3 is 5.11 Å². The summed E-state index contributed by atoms with van der Waals surface area (Å²) >= 11 is 0. The van der Waals surface area contributed by atoms with E-state index in [1.165, 1.54) is 16.7 Å². The summed E-state index contributed by atoms with van der Waals surface area (Å²) in [5, 5.41) is 9.89. The average Bonchev–Trinajstić information content (AvgIpc) is 2.42. The Morgan fingerprint density at radius 3 is 2.86 bits per heavy atom. The fraction of sp³-hybridized carbons (Fsp3) is 0.312. The minimum Gasteiger partial charge on any atom is -0.508 e. The number of ketones is 1. The van der Waals surface area contributed by atoms with Gasteiger partial charge in [-0.3, -0.25) is 14.2 Å². The second kappa shape index (κ2) is 4.84. The van der Waals surface area contributed by atoms with Crippen molar-refractivity contribution in [3.8, 4) is 5.75 Å². The Balaban J connectivity index is 2.21. The molecule has 0 amide bonds. The van der Waals surface area contributed by atoms with Crippen LogP contribution in [0, 0.1) is 6.92 Å². The first kappa shape index (κ1) is 13.5. The molecule has 5 nitrogen and oxygen atoms in total. The zero-order valence-corrected chi connectivity index (χ0v) is 11.8. The third-order valence-corrected chi connectivity index (χ3v) is 3.94. The zero-order valence-electron chi connectivity index (χ0n) is 11.8. The highest BCUT2D eigenvalue weighted by atomic mass is 16.3. The van der Waals surface area contributed by atoms with Crippen molar-refractivity contribution in [3.63, 3.8) is 0 Å². The molecular formula is C16H16N2O3. The second-order valence-corrected chi connectivity index (χ2v) is 5.48. The number of rotatable bonds is 1. The van der Waals surface area contributed by atoms with E-state index >= 15 is 0 Å². The number of carbonyl (C=O) groups excluding carboxylic acids is 1. The first-order valence-electron chi connectivity index (χ1n) is 6.88. The molecule has 1 atom stereocenters. The molecular weight excluding hydrogens is 268 g/mol. The summed E-state index contributed by atoms with van der Waals surface area (Å²) in [5.41, 5.74) is 1.16. The maximum Gasteiger partial charge on any atom is 0.262 e. The van der Waals surface area contributed by atoms with E-state index in [0.29, 0.717) is 29.6 Å². The van der Waals surface area contributed by atoms with E-state index in [9.17, 15) is 14.7 Å². The van der Waals surface area contributed by atoms with Crippen LogP contribution in [0.3, 0.4) is 0 Å². The molecule has 1 aromatic carbocycles. The van der Waals surface area contributed by atoms with Crippen LogP contribution in [-0.4, -0.2) is 20.4 Å². The van der Waals surface area contributed by atoms with E-state index in [0.717, 1.165) is 12.0 Å². The van der Waals surface area contributed by atoms with Crippen LogP contribution in [0.5, 0.6) is 5.75 Å². The lowest BCUT2D eigenvalue weighted by Gasteiger charge is -2.25. The highest BCUT2D eigenvalue weighted by Gasteiger charge is 2.28. The van der Waals surface area contributed by atoms with Crippen LogP contribution in [0.25, 0.3) is 10.9 Å². The van der Waals surface area contributed by atoms with Crippen molar-refractivity contribution in [1.29, 1.82) is 0 Å². The number of allylic oxidation sites excluding steroid dienone is 1. The minimum absolute atomic E-state index is 0.00208. The minimum atomic E-state index is -0.484. The summed E-state index contributed by atoms with van der Waals surface area (Å²) in [6.07, 6.45) is 1.62. The lowest BCUT2D eigenvalue weighted by atomic mass is 9.90. The molecule has 0 spiro atoms. The Hall–Kier alpha value is -2.43. The van der Waals surface area contributed by atoms with Gasteiger partial charge in [-0.25, -0.2) is 4.98 Å². The van der Waals surface area contributed by atoms with Gasteiger partial charge in [-0.2, -0.15) is 0 Å². The van der Waals surface area contributed by atoms with Crippen molar-refractivity contribution in [3.05, 3.63) is 46.5 Å². The molecule has 1 heterocycles. The topological polar surface area (TPSA) is 72.2 Å². The predicted octanol–water partition coefficient (Wildman–Crippen LogP) is 2.26. The number of phenols is 1. The third kappa shape index (κ3) is 2.24. The largest absolute Gasteiger partial charge is 0.508 e. The van der Waals surface area contributed by atoms with Crippen molar-refractivity contribution in [2.24, 2.45) is 0 Å². The molecule has 0 radical (unpaired) electrons. The van der Waals surface area contributed by atoms with Gasteiger partial charge in [-0.15, -0.1) is 0 Å². The molecule has 1 aliphatic carbocycles. The average molecular weight is 284 g/mol. The monoisotopic (exact) mass is 284 g/mol. The first-order valence-corrected chi connectivity index (χ1v) is 6.88. The van der Waals surface area contributed by atoms with Crippen molar-refractivity contribution in [2.75, 3.05) is 0 Å². The summed E-state index contributed by atoms with van der Waals surface area (Å²) in [6.45, 7) is 5.57.